The minimum atomic E-state index is -0.378. The summed E-state index contributed by atoms with van der Waals surface area (Å²) < 4.78 is 13.0. The highest BCUT2D eigenvalue weighted by Crippen LogP contribution is 2.22. The van der Waals surface area contributed by atoms with Crippen molar-refractivity contribution in [1.29, 1.82) is 0 Å². The van der Waals surface area contributed by atoms with Gasteiger partial charge < -0.3 is 10.2 Å². The zero-order valence-corrected chi connectivity index (χ0v) is 16.5. The molecule has 2 aromatic carbocycles. The van der Waals surface area contributed by atoms with Gasteiger partial charge in [-0.1, -0.05) is 29.3 Å². The van der Waals surface area contributed by atoms with E-state index in [1.165, 1.54) is 30.3 Å². The number of piperidine rings is 1. The Kier molecular flexibility index (Phi) is 6.70. The zero-order chi connectivity index (χ0) is 20.1. The van der Waals surface area contributed by atoms with Gasteiger partial charge in [0.25, 0.3) is 5.91 Å². The molecule has 3 rings (SSSR count). The number of hydrogen-bond donors (Lipinski definition) is 1. The highest BCUT2D eigenvalue weighted by molar-refractivity contribution is 6.35. The van der Waals surface area contributed by atoms with Crippen LogP contribution in [0, 0.1) is 5.82 Å². The van der Waals surface area contributed by atoms with Gasteiger partial charge in [-0.05, 0) is 60.9 Å². The minimum absolute atomic E-state index is 0.0173. The smallest absolute Gasteiger partial charge is 0.251 e. The molecular weight excluding hydrogens is 402 g/mol. The zero-order valence-electron chi connectivity index (χ0n) is 15.0. The first-order valence-electron chi connectivity index (χ1n) is 8.91. The lowest BCUT2D eigenvalue weighted by atomic mass is 10.0. The number of carbonyl (C=O) groups excluding carboxylic acids is 2. The van der Waals surface area contributed by atoms with E-state index in [1.807, 2.05) is 0 Å². The summed E-state index contributed by atoms with van der Waals surface area (Å²) in [5.41, 5.74) is 1.14. The summed E-state index contributed by atoms with van der Waals surface area (Å²) in [6, 6.07) is 10.5. The van der Waals surface area contributed by atoms with Gasteiger partial charge in [-0.2, -0.15) is 0 Å². The van der Waals surface area contributed by atoms with Crippen LogP contribution in [-0.4, -0.2) is 35.8 Å². The van der Waals surface area contributed by atoms with Crippen molar-refractivity contribution in [2.45, 2.75) is 18.9 Å². The lowest BCUT2D eigenvalue weighted by Gasteiger charge is -2.31. The third-order valence-electron chi connectivity index (χ3n) is 4.62. The van der Waals surface area contributed by atoms with Crippen molar-refractivity contribution in [3.63, 3.8) is 0 Å². The fourth-order valence-electron chi connectivity index (χ4n) is 3.02. The van der Waals surface area contributed by atoms with E-state index in [2.05, 4.69) is 5.32 Å². The van der Waals surface area contributed by atoms with Crippen molar-refractivity contribution in [1.82, 2.24) is 10.2 Å². The largest absolute Gasteiger partial charge is 0.349 e. The summed E-state index contributed by atoms with van der Waals surface area (Å²) in [5.74, 6) is -0.715. The SMILES string of the molecule is O=C(NC1CCN(C(=O)/C=C/c2ccc(Cl)cc2Cl)CC1)c1ccc(F)cc1. The molecule has 0 bridgehead atoms. The van der Waals surface area contributed by atoms with Gasteiger partial charge in [0.1, 0.15) is 5.82 Å². The Morgan fingerprint density at radius 3 is 2.39 bits per heavy atom. The summed E-state index contributed by atoms with van der Waals surface area (Å²) >= 11 is 12.0. The van der Waals surface area contributed by atoms with Crippen LogP contribution in [-0.2, 0) is 4.79 Å². The van der Waals surface area contributed by atoms with Crippen molar-refractivity contribution in [2.75, 3.05) is 13.1 Å². The van der Waals surface area contributed by atoms with Crippen molar-refractivity contribution in [3.05, 3.63) is 75.5 Å². The molecule has 0 unspecified atom stereocenters. The number of carbonyl (C=O) groups is 2. The van der Waals surface area contributed by atoms with Gasteiger partial charge in [0.2, 0.25) is 5.91 Å². The Hall–Kier alpha value is -2.37. The van der Waals surface area contributed by atoms with Crippen LogP contribution in [0.15, 0.2) is 48.5 Å². The molecule has 0 radical (unpaired) electrons. The van der Waals surface area contributed by atoms with Crippen LogP contribution in [0.3, 0.4) is 0 Å². The third-order valence-corrected chi connectivity index (χ3v) is 5.18. The molecule has 1 fully saturated rings. The van der Waals surface area contributed by atoms with E-state index in [4.69, 9.17) is 23.2 Å². The van der Waals surface area contributed by atoms with Crippen molar-refractivity contribution in [2.24, 2.45) is 0 Å². The maximum Gasteiger partial charge on any atom is 0.251 e. The van der Waals surface area contributed by atoms with E-state index in [9.17, 15) is 14.0 Å². The first kappa shape index (κ1) is 20.4. The molecule has 0 saturated carbocycles. The molecule has 1 saturated heterocycles. The maximum atomic E-state index is 13.0. The predicted molar refractivity (Wildman–Crippen MR) is 109 cm³/mol. The first-order valence-corrected chi connectivity index (χ1v) is 9.66. The third kappa shape index (κ3) is 5.33. The second-order valence-corrected chi connectivity index (χ2v) is 7.42. The molecule has 0 aromatic heterocycles. The lowest BCUT2D eigenvalue weighted by Crippen LogP contribution is -2.46. The van der Waals surface area contributed by atoms with Gasteiger partial charge in [0, 0.05) is 40.8 Å². The number of hydrogen-bond acceptors (Lipinski definition) is 2. The number of amides is 2. The number of halogens is 3. The number of benzene rings is 2. The van der Waals surface area contributed by atoms with Crippen LogP contribution < -0.4 is 5.32 Å². The molecule has 2 aromatic rings. The van der Waals surface area contributed by atoms with Crippen LogP contribution in [0.25, 0.3) is 6.08 Å². The van der Waals surface area contributed by atoms with Gasteiger partial charge in [0.15, 0.2) is 0 Å². The molecule has 4 nitrogen and oxygen atoms in total. The quantitative estimate of drug-likeness (QED) is 0.736. The number of rotatable bonds is 4. The Labute approximate surface area is 172 Å². The fraction of sp³-hybridized carbons (Fsp3) is 0.238. The van der Waals surface area contributed by atoms with Crippen LogP contribution in [0.2, 0.25) is 10.0 Å². The van der Waals surface area contributed by atoms with Gasteiger partial charge in [-0.15, -0.1) is 0 Å². The van der Waals surface area contributed by atoms with Crippen LogP contribution in [0.4, 0.5) is 4.39 Å². The Morgan fingerprint density at radius 1 is 1.07 bits per heavy atom. The molecular formula is C21H19Cl2FN2O2. The highest BCUT2D eigenvalue weighted by atomic mass is 35.5. The van der Waals surface area contributed by atoms with Crippen molar-refractivity contribution in [3.8, 4) is 0 Å². The Morgan fingerprint density at radius 2 is 1.75 bits per heavy atom. The lowest BCUT2D eigenvalue weighted by molar-refractivity contribution is -0.126. The molecule has 146 valence electrons. The molecule has 0 atom stereocenters. The second-order valence-electron chi connectivity index (χ2n) is 6.58. The topological polar surface area (TPSA) is 49.4 Å². The minimum Gasteiger partial charge on any atom is -0.349 e. The molecule has 2 amide bonds. The van der Waals surface area contributed by atoms with Gasteiger partial charge >= 0.3 is 0 Å². The fourth-order valence-corrected chi connectivity index (χ4v) is 3.49. The molecule has 1 N–H and O–H groups in total. The van der Waals surface area contributed by atoms with Gasteiger partial charge in [0.05, 0.1) is 0 Å². The molecule has 1 aliphatic rings. The highest BCUT2D eigenvalue weighted by Gasteiger charge is 2.23. The van der Waals surface area contributed by atoms with E-state index < -0.39 is 0 Å². The van der Waals surface area contributed by atoms with Crippen molar-refractivity contribution < 1.29 is 14.0 Å². The normalized spacial score (nSPS) is 15.0. The van der Waals surface area contributed by atoms with Crippen LogP contribution in [0.5, 0.6) is 0 Å². The van der Waals surface area contributed by atoms with E-state index >= 15 is 0 Å². The molecule has 0 aliphatic carbocycles. The monoisotopic (exact) mass is 420 g/mol. The average Bonchev–Trinajstić information content (AvgIpc) is 2.68. The van der Waals surface area contributed by atoms with E-state index in [-0.39, 0.29) is 23.7 Å². The summed E-state index contributed by atoms with van der Waals surface area (Å²) in [7, 11) is 0. The Balaban J connectivity index is 1.50. The summed E-state index contributed by atoms with van der Waals surface area (Å²) in [6.45, 7) is 1.10. The molecule has 28 heavy (non-hydrogen) atoms. The standard InChI is InChI=1S/C21H19Cl2FN2O2/c22-16-5-1-14(19(23)13-16)4-8-20(27)26-11-9-18(10-12-26)25-21(28)15-2-6-17(24)7-3-15/h1-8,13,18H,9-12H2,(H,25,28)/b8-4+. The van der Waals surface area contributed by atoms with E-state index in [1.54, 1.807) is 29.2 Å². The number of nitrogens with one attached hydrogen (secondary N) is 1. The molecule has 0 spiro atoms. The van der Waals surface area contributed by atoms with E-state index in [0.717, 1.165) is 5.56 Å². The molecule has 7 heteroatoms. The number of nitrogens with zero attached hydrogens (tertiary/aromatic N) is 1. The van der Waals surface area contributed by atoms with Crippen LogP contribution in [0.1, 0.15) is 28.8 Å². The average molecular weight is 421 g/mol. The predicted octanol–water partition coefficient (Wildman–Crippen LogP) is 4.57. The van der Waals surface area contributed by atoms with Gasteiger partial charge in [-0.25, -0.2) is 4.39 Å². The van der Waals surface area contributed by atoms with Gasteiger partial charge in [-0.3, -0.25) is 9.59 Å². The Bertz CT molecular complexity index is 892. The summed E-state index contributed by atoms with van der Waals surface area (Å²) in [4.78, 5) is 26.3. The van der Waals surface area contributed by atoms with E-state index in [0.29, 0.717) is 41.5 Å². The van der Waals surface area contributed by atoms with Crippen molar-refractivity contribution >= 4 is 41.1 Å². The molecule has 1 aliphatic heterocycles. The maximum absolute atomic E-state index is 13.0. The first-order chi connectivity index (χ1) is 13.4. The molecule has 1 heterocycles. The summed E-state index contributed by atoms with van der Waals surface area (Å²) in [5, 5.41) is 3.96. The van der Waals surface area contributed by atoms with Crippen LogP contribution >= 0.6 is 23.2 Å². The number of likely N-dealkylation sites (tertiary alicyclic amines) is 1. The second kappa shape index (κ2) is 9.22. The summed E-state index contributed by atoms with van der Waals surface area (Å²) in [6.07, 6.45) is 4.48.